The minimum atomic E-state index is 0.357. The molecule has 1 heterocycles. The Labute approximate surface area is 125 Å². The van der Waals surface area contributed by atoms with Crippen molar-refractivity contribution < 1.29 is 5.11 Å². The van der Waals surface area contributed by atoms with Gasteiger partial charge in [0.15, 0.2) is 0 Å². The van der Waals surface area contributed by atoms with Crippen LogP contribution in [0.15, 0.2) is 0 Å². The zero-order valence-electron chi connectivity index (χ0n) is 13.7. The SMILES string of the molecule is CCCNC1C(CN2CCC(CCO)C2)CCC1(C)C. The first-order chi connectivity index (χ1) is 9.56. The van der Waals surface area contributed by atoms with Gasteiger partial charge in [-0.3, -0.25) is 0 Å². The molecular formula is C17H34N2O. The van der Waals surface area contributed by atoms with Crippen molar-refractivity contribution in [3.05, 3.63) is 0 Å². The summed E-state index contributed by atoms with van der Waals surface area (Å²) in [6, 6.07) is 0.680. The van der Waals surface area contributed by atoms with E-state index in [0.717, 1.165) is 24.8 Å². The summed E-state index contributed by atoms with van der Waals surface area (Å²) in [5.74, 6) is 1.54. The molecule has 1 aliphatic carbocycles. The molecule has 0 bridgehead atoms. The Hall–Kier alpha value is -0.120. The Morgan fingerprint density at radius 2 is 2.10 bits per heavy atom. The van der Waals surface area contributed by atoms with E-state index in [0.29, 0.717) is 18.1 Å². The number of hydrogen-bond donors (Lipinski definition) is 2. The normalized spacial score (nSPS) is 33.9. The maximum atomic E-state index is 9.08. The van der Waals surface area contributed by atoms with Crippen molar-refractivity contribution in [2.45, 2.75) is 58.9 Å². The van der Waals surface area contributed by atoms with Gasteiger partial charge in [-0.1, -0.05) is 20.8 Å². The molecule has 2 N–H and O–H groups in total. The van der Waals surface area contributed by atoms with Crippen LogP contribution in [0.2, 0.25) is 0 Å². The molecule has 0 radical (unpaired) electrons. The fourth-order valence-corrected chi connectivity index (χ4v) is 4.29. The molecule has 2 aliphatic rings. The monoisotopic (exact) mass is 282 g/mol. The van der Waals surface area contributed by atoms with E-state index < -0.39 is 0 Å². The molecule has 1 aliphatic heterocycles. The first kappa shape index (κ1) is 16.3. The standard InChI is InChI=1S/C17H34N2O/c1-4-9-18-16-15(5-8-17(16,2)3)13-19-10-6-14(12-19)7-11-20/h14-16,18,20H,4-13H2,1-3H3. The van der Waals surface area contributed by atoms with E-state index in [-0.39, 0.29) is 0 Å². The molecule has 3 atom stereocenters. The molecule has 1 saturated carbocycles. The van der Waals surface area contributed by atoms with E-state index in [1.54, 1.807) is 0 Å². The summed E-state index contributed by atoms with van der Waals surface area (Å²) in [5.41, 5.74) is 0.448. The molecule has 2 rings (SSSR count). The van der Waals surface area contributed by atoms with Gasteiger partial charge in [-0.05, 0) is 62.4 Å². The lowest BCUT2D eigenvalue weighted by molar-refractivity contribution is 0.196. The summed E-state index contributed by atoms with van der Waals surface area (Å²) in [6.45, 7) is 12.3. The van der Waals surface area contributed by atoms with Crippen LogP contribution in [0.5, 0.6) is 0 Å². The van der Waals surface area contributed by atoms with E-state index in [4.69, 9.17) is 5.11 Å². The number of aliphatic hydroxyl groups is 1. The number of nitrogens with zero attached hydrogens (tertiary/aromatic N) is 1. The zero-order valence-corrected chi connectivity index (χ0v) is 13.7. The third kappa shape index (κ3) is 3.96. The van der Waals surface area contributed by atoms with Crippen molar-refractivity contribution in [3.8, 4) is 0 Å². The number of aliphatic hydroxyl groups excluding tert-OH is 1. The fraction of sp³-hybridized carbons (Fsp3) is 1.00. The third-order valence-corrected chi connectivity index (χ3v) is 5.49. The molecule has 118 valence electrons. The quantitative estimate of drug-likeness (QED) is 0.753. The minimum absolute atomic E-state index is 0.357. The van der Waals surface area contributed by atoms with Crippen LogP contribution in [0.4, 0.5) is 0 Å². The highest BCUT2D eigenvalue weighted by atomic mass is 16.3. The molecule has 3 unspecified atom stereocenters. The van der Waals surface area contributed by atoms with Gasteiger partial charge < -0.3 is 15.3 Å². The van der Waals surface area contributed by atoms with Crippen molar-refractivity contribution in [2.75, 3.05) is 32.8 Å². The fourth-order valence-electron chi connectivity index (χ4n) is 4.29. The molecule has 3 heteroatoms. The minimum Gasteiger partial charge on any atom is -0.396 e. The highest BCUT2D eigenvalue weighted by molar-refractivity contribution is 4.97. The van der Waals surface area contributed by atoms with Gasteiger partial charge in [-0.15, -0.1) is 0 Å². The summed E-state index contributed by atoms with van der Waals surface area (Å²) in [7, 11) is 0. The predicted molar refractivity (Wildman–Crippen MR) is 84.8 cm³/mol. The molecule has 3 nitrogen and oxygen atoms in total. The van der Waals surface area contributed by atoms with Gasteiger partial charge in [0.1, 0.15) is 0 Å². The third-order valence-electron chi connectivity index (χ3n) is 5.49. The van der Waals surface area contributed by atoms with Gasteiger partial charge in [0.25, 0.3) is 0 Å². The molecule has 0 amide bonds. The predicted octanol–water partition coefficient (Wildman–Crippen LogP) is 2.50. The maximum Gasteiger partial charge on any atom is 0.0434 e. The number of likely N-dealkylation sites (tertiary alicyclic amines) is 1. The van der Waals surface area contributed by atoms with Gasteiger partial charge in [0.05, 0.1) is 0 Å². The molecular weight excluding hydrogens is 248 g/mol. The Kier molecular flexibility index (Phi) is 5.88. The lowest BCUT2D eigenvalue weighted by Crippen LogP contribution is -2.45. The highest BCUT2D eigenvalue weighted by Gasteiger charge is 2.42. The van der Waals surface area contributed by atoms with Gasteiger partial charge in [0.2, 0.25) is 0 Å². The van der Waals surface area contributed by atoms with E-state index in [1.165, 1.54) is 45.3 Å². The Morgan fingerprint density at radius 1 is 1.30 bits per heavy atom. The molecule has 0 spiro atoms. The summed E-state index contributed by atoms with van der Waals surface area (Å²) in [4.78, 5) is 2.65. The summed E-state index contributed by atoms with van der Waals surface area (Å²) < 4.78 is 0. The maximum absolute atomic E-state index is 9.08. The highest BCUT2D eigenvalue weighted by Crippen LogP contribution is 2.42. The van der Waals surface area contributed by atoms with Crippen LogP contribution in [0.1, 0.15) is 52.9 Å². The van der Waals surface area contributed by atoms with E-state index in [2.05, 4.69) is 31.0 Å². The Bertz CT molecular complexity index is 293. The van der Waals surface area contributed by atoms with Crippen molar-refractivity contribution in [3.63, 3.8) is 0 Å². The summed E-state index contributed by atoms with van der Waals surface area (Å²) in [6.07, 6.45) is 6.22. The van der Waals surface area contributed by atoms with Gasteiger partial charge >= 0.3 is 0 Å². The van der Waals surface area contributed by atoms with Crippen LogP contribution in [0.3, 0.4) is 0 Å². The number of hydrogen-bond acceptors (Lipinski definition) is 3. The smallest absolute Gasteiger partial charge is 0.0434 e. The second-order valence-corrected chi connectivity index (χ2v) is 7.65. The Morgan fingerprint density at radius 3 is 2.80 bits per heavy atom. The summed E-state index contributed by atoms with van der Waals surface area (Å²) >= 11 is 0. The summed E-state index contributed by atoms with van der Waals surface area (Å²) in [5, 5.41) is 12.9. The van der Waals surface area contributed by atoms with Crippen LogP contribution in [0, 0.1) is 17.3 Å². The average molecular weight is 282 g/mol. The molecule has 0 aromatic carbocycles. The average Bonchev–Trinajstić information content (AvgIpc) is 2.94. The van der Waals surface area contributed by atoms with Crippen LogP contribution in [-0.4, -0.2) is 48.8 Å². The molecule has 20 heavy (non-hydrogen) atoms. The van der Waals surface area contributed by atoms with Crippen LogP contribution in [-0.2, 0) is 0 Å². The topological polar surface area (TPSA) is 35.5 Å². The largest absolute Gasteiger partial charge is 0.396 e. The van der Waals surface area contributed by atoms with Crippen LogP contribution < -0.4 is 5.32 Å². The number of nitrogens with one attached hydrogen (secondary N) is 1. The van der Waals surface area contributed by atoms with E-state index in [9.17, 15) is 0 Å². The second-order valence-electron chi connectivity index (χ2n) is 7.65. The molecule has 0 aromatic rings. The van der Waals surface area contributed by atoms with Crippen molar-refractivity contribution in [2.24, 2.45) is 17.3 Å². The van der Waals surface area contributed by atoms with E-state index in [1.807, 2.05) is 0 Å². The lowest BCUT2D eigenvalue weighted by atomic mass is 9.84. The number of rotatable bonds is 7. The van der Waals surface area contributed by atoms with Crippen molar-refractivity contribution >= 4 is 0 Å². The lowest BCUT2D eigenvalue weighted by Gasteiger charge is -2.33. The molecule has 1 saturated heterocycles. The van der Waals surface area contributed by atoms with Crippen LogP contribution >= 0.6 is 0 Å². The Balaban J connectivity index is 1.85. The first-order valence-corrected chi connectivity index (χ1v) is 8.63. The van der Waals surface area contributed by atoms with Crippen molar-refractivity contribution in [1.29, 1.82) is 0 Å². The van der Waals surface area contributed by atoms with Crippen LogP contribution in [0.25, 0.3) is 0 Å². The zero-order chi connectivity index (χ0) is 14.6. The van der Waals surface area contributed by atoms with Gasteiger partial charge in [0, 0.05) is 25.7 Å². The van der Waals surface area contributed by atoms with Gasteiger partial charge in [-0.25, -0.2) is 0 Å². The van der Waals surface area contributed by atoms with Gasteiger partial charge in [-0.2, -0.15) is 0 Å². The first-order valence-electron chi connectivity index (χ1n) is 8.63. The second kappa shape index (κ2) is 7.24. The van der Waals surface area contributed by atoms with Crippen molar-refractivity contribution in [1.82, 2.24) is 10.2 Å². The molecule has 0 aromatic heterocycles. The molecule has 2 fully saturated rings. The van der Waals surface area contributed by atoms with E-state index >= 15 is 0 Å².